The van der Waals surface area contributed by atoms with Gasteiger partial charge in [0.2, 0.25) is 0 Å². The van der Waals surface area contributed by atoms with Crippen LogP contribution in [0.15, 0.2) is 6.33 Å². The lowest BCUT2D eigenvalue weighted by molar-refractivity contribution is 0.116. The lowest BCUT2D eigenvalue weighted by atomic mass is 9.93. The summed E-state index contributed by atoms with van der Waals surface area (Å²) in [5.74, 6) is 0. The van der Waals surface area contributed by atoms with Crippen molar-refractivity contribution < 1.29 is 5.11 Å². The van der Waals surface area contributed by atoms with Crippen molar-refractivity contribution in [2.75, 3.05) is 0 Å². The maximum atomic E-state index is 9.38. The molecule has 2 rings (SSSR count). The average molecular weight is 209 g/mol. The smallest absolute Gasteiger partial charge is 0.0925 e. The number of aromatic nitrogens is 2. The molecule has 0 spiro atoms. The second-order valence-electron chi connectivity index (χ2n) is 4.36. The highest BCUT2D eigenvalue weighted by Gasteiger charge is 2.18. The van der Waals surface area contributed by atoms with E-state index in [1.807, 2.05) is 6.92 Å². The van der Waals surface area contributed by atoms with Crippen LogP contribution >= 0.6 is 0 Å². The molecule has 15 heavy (non-hydrogen) atoms. The number of aliphatic hydroxyl groups is 1. The minimum atomic E-state index is -0.0739. The van der Waals surface area contributed by atoms with Gasteiger partial charge < -0.3 is 15.4 Å². The minimum Gasteiger partial charge on any atom is -0.393 e. The summed E-state index contributed by atoms with van der Waals surface area (Å²) in [5, 5.41) is 12.9. The van der Waals surface area contributed by atoms with E-state index in [4.69, 9.17) is 0 Å². The molecule has 1 aliphatic rings. The zero-order valence-corrected chi connectivity index (χ0v) is 9.16. The minimum absolute atomic E-state index is 0.0739. The summed E-state index contributed by atoms with van der Waals surface area (Å²) in [6, 6.07) is 0.546. The third-order valence-corrected chi connectivity index (χ3v) is 3.19. The largest absolute Gasteiger partial charge is 0.393 e. The molecule has 1 aromatic rings. The highest BCUT2D eigenvalue weighted by Crippen LogP contribution is 2.18. The first-order chi connectivity index (χ1) is 7.25. The van der Waals surface area contributed by atoms with Crippen LogP contribution in [0.1, 0.15) is 37.1 Å². The lowest BCUT2D eigenvalue weighted by Gasteiger charge is -2.26. The summed E-state index contributed by atoms with van der Waals surface area (Å²) in [5.41, 5.74) is 2.24. The van der Waals surface area contributed by atoms with Crippen molar-refractivity contribution in [1.29, 1.82) is 0 Å². The molecule has 1 fully saturated rings. The van der Waals surface area contributed by atoms with Crippen molar-refractivity contribution >= 4 is 0 Å². The topological polar surface area (TPSA) is 60.9 Å². The highest BCUT2D eigenvalue weighted by molar-refractivity contribution is 5.08. The van der Waals surface area contributed by atoms with Crippen LogP contribution in [-0.2, 0) is 6.54 Å². The molecule has 1 aliphatic carbocycles. The third kappa shape index (κ3) is 2.79. The predicted molar refractivity (Wildman–Crippen MR) is 58.4 cm³/mol. The van der Waals surface area contributed by atoms with Crippen molar-refractivity contribution in [3.8, 4) is 0 Å². The summed E-state index contributed by atoms with van der Waals surface area (Å²) in [6.45, 7) is 2.87. The molecule has 0 radical (unpaired) electrons. The van der Waals surface area contributed by atoms with Gasteiger partial charge in [-0.15, -0.1) is 0 Å². The molecule has 4 nitrogen and oxygen atoms in total. The molecule has 84 valence electrons. The van der Waals surface area contributed by atoms with E-state index in [2.05, 4.69) is 15.3 Å². The Morgan fingerprint density at radius 1 is 1.47 bits per heavy atom. The van der Waals surface area contributed by atoms with E-state index < -0.39 is 0 Å². The number of H-pyrrole nitrogens is 1. The summed E-state index contributed by atoms with van der Waals surface area (Å²) in [6.07, 6.45) is 5.66. The van der Waals surface area contributed by atoms with Crippen molar-refractivity contribution in [3.05, 3.63) is 17.7 Å². The van der Waals surface area contributed by atoms with Gasteiger partial charge in [0.05, 0.1) is 18.1 Å². The Morgan fingerprint density at radius 3 is 2.80 bits per heavy atom. The predicted octanol–water partition coefficient (Wildman–Crippen LogP) is 1.11. The van der Waals surface area contributed by atoms with E-state index in [-0.39, 0.29) is 6.10 Å². The van der Waals surface area contributed by atoms with Crippen molar-refractivity contribution in [2.45, 2.75) is 51.3 Å². The van der Waals surface area contributed by atoms with Crippen LogP contribution in [-0.4, -0.2) is 27.2 Å². The van der Waals surface area contributed by atoms with Crippen molar-refractivity contribution in [3.63, 3.8) is 0 Å². The van der Waals surface area contributed by atoms with Gasteiger partial charge in [-0.25, -0.2) is 4.98 Å². The maximum absolute atomic E-state index is 9.38. The fourth-order valence-electron chi connectivity index (χ4n) is 2.09. The van der Waals surface area contributed by atoms with Gasteiger partial charge >= 0.3 is 0 Å². The van der Waals surface area contributed by atoms with Crippen LogP contribution in [0, 0.1) is 6.92 Å². The highest BCUT2D eigenvalue weighted by atomic mass is 16.3. The fraction of sp³-hybridized carbons (Fsp3) is 0.727. The molecule has 0 amide bonds. The van der Waals surface area contributed by atoms with Crippen LogP contribution < -0.4 is 5.32 Å². The molecule has 3 N–H and O–H groups in total. The molecule has 0 saturated heterocycles. The van der Waals surface area contributed by atoms with E-state index in [1.54, 1.807) is 6.33 Å². The number of aryl methyl sites for hydroxylation is 1. The van der Waals surface area contributed by atoms with E-state index in [9.17, 15) is 5.11 Å². The van der Waals surface area contributed by atoms with Crippen molar-refractivity contribution in [1.82, 2.24) is 15.3 Å². The Balaban J connectivity index is 1.77. The van der Waals surface area contributed by atoms with Gasteiger partial charge in [0.25, 0.3) is 0 Å². The first-order valence-electron chi connectivity index (χ1n) is 5.66. The average Bonchev–Trinajstić information content (AvgIpc) is 2.63. The molecule has 1 aromatic heterocycles. The monoisotopic (exact) mass is 209 g/mol. The second kappa shape index (κ2) is 4.77. The van der Waals surface area contributed by atoms with Gasteiger partial charge in [0, 0.05) is 18.3 Å². The van der Waals surface area contributed by atoms with E-state index in [1.165, 1.54) is 0 Å². The third-order valence-electron chi connectivity index (χ3n) is 3.19. The standard InChI is InChI=1S/C11H19N3O/c1-8-11(14-7-13-8)6-12-9-2-4-10(15)5-3-9/h7,9-10,12,15H,2-6H2,1H3,(H,13,14). The first-order valence-corrected chi connectivity index (χ1v) is 5.66. The summed E-state index contributed by atoms with van der Waals surface area (Å²) in [7, 11) is 0. The molecule has 0 bridgehead atoms. The number of rotatable bonds is 3. The van der Waals surface area contributed by atoms with Gasteiger partial charge in [0.1, 0.15) is 0 Å². The number of aromatic amines is 1. The first kappa shape index (κ1) is 10.6. The fourth-order valence-corrected chi connectivity index (χ4v) is 2.09. The van der Waals surface area contributed by atoms with E-state index in [0.717, 1.165) is 43.6 Å². The summed E-state index contributed by atoms with van der Waals surface area (Å²) >= 11 is 0. The Hall–Kier alpha value is -0.870. The van der Waals surface area contributed by atoms with Gasteiger partial charge in [-0.1, -0.05) is 0 Å². The molecular weight excluding hydrogens is 190 g/mol. The van der Waals surface area contributed by atoms with Crippen LogP contribution in [0.25, 0.3) is 0 Å². The second-order valence-corrected chi connectivity index (χ2v) is 4.36. The van der Waals surface area contributed by atoms with Crippen LogP contribution in [0.5, 0.6) is 0 Å². The Morgan fingerprint density at radius 2 is 2.20 bits per heavy atom. The Bertz CT molecular complexity index is 303. The quantitative estimate of drug-likeness (QED) is 0.699. The zero-order valence-electron chi connectivity index (χ0n) is 9.16. The lowest BCUT2D eigenvalue weighted by Crippen LogP contribution is -2.34. The van der Waals surface area contributed by atoms with Gasteiger partial charge in [-0.2, -0.15) is 0 Å². The number of hydrogen-bond donors (Lipinski definition) is 3. The van der Waals surface area contributed by atoms with E-state index in [0.29, 0.717) is 6.04 Å². The normalized spacial score (nSPS) is 26.8. The molecular formula is C11H19N3O. The van der Waals surface area contributed by atoms with Crippen LogP contribution in [0.3, 0.4) is 0 Å². The number of nitrogens with zero attached hydrogens (tertiary/aromatic N) is 1. The zero-order chi connectivity index (χ0) is 10.7. The van der Waals surface area contributed by atoms with Crippen LogP contribution in [0.4, 0.5) is 0 Å². The Labute approximate surface area is 90.1 Å². The van der Waals surface area contributed by atoms with Gasteiger partial charge in [0.15, 0.2) is 0 Å². The number of imidazole rings is 1. The number of hydrogen-bond acceptors (Lipinski definition) is 3. The number of aliphatic hydroxyl groups excluding tert-OH is 1. The molecule has 1 heterocycles. The van der Waals surface area contributed by atoms with Crippen LogP contribution in [0.2, 0.25) is 0 Å². The SMILES string of the molecule is Cc1[nH]cnc1CNC1CCC(O)CC1. The summed E-state index contributed by atoms with van der Waals surface area (Å²) in [4.78, 5) is 7.32. The molecule has 0 unspecified atom stereocenters. The summed E-state index contributed by atoms with van der Waals surface area (Å²) < 4.78 is 0. The molecule has 0 atom stereocenters. The molecule has 0 aliphatic heterocycles. The van der Waals surface area contributed by atoms with Gasteiger partial charge in [-0.3, -0.25) is 0 Å². The maximum Gasteiger partial charge on any atom is 0.0925 e. The van der Waals surface area contributed by atoms with E-state index >= 15 is 0 Å². The molecule has 4 heteroatoms. The Kier molecular flexibility index (Phi) is 3.38. The number of nitrogens with one attached hydrogen (secondary N) is 2. The van der Waals surface area contributed by atoms with Crippen molar-refractivity contribution in [2.24, 2.45) is 0 Å². The molecule has 0 aromatic carbocycles. The molecule has 1 saturated carbocycles. The van der Waals surface area contributed by atoms with Gasteiger partial charge in [-0.05, 0) is 32.6 Å².